The van der Waals surface area contributed by atoms with E-state index in [1.165, 1.54) is 53.9 Å². The number of hydrogen-bond acceptors (Lipinski definition) is 6. The number of aryl methyl sites for hydroxylation is 3. The van der Waals surface area contributed by atoms with Gasteiger partial charge in [0.15, 0.2) is 5.13 Å². The lowest BCUT2D eigenvalue weighted by Crippen LogP contribution is -2.16. The van der Waals surface area contributed by atoms with Gasteiger partial charge in [0.05, 0.1) is 11.1 Å². The van der Waals surface area contributed by atoms with Gasteiger partial charge in [0, 0.05) is 29.0 Å². The van der Waals surface area contributed by atoms with E-state index in [4.69, 9.17) is 0 Å². The molecule has 0 unspecified atom stereocenters. The van der Waals surface area contributed by atoms with Gasteiger partial charge in [-0.3, -0.25) is 9.59 Å². The van der Waals surface area contributed by atoms with Gasteiger partial charge in [0.1, 0.15) is 10.7 Å². The predicted molar refractivity (Wildman–Crippen MR) is 117 cm³/mol. The van der Waals surface area contributed by atoms with Crippen molar-refractivity contribution < 1.29 is 4.79 Å². The number of nitrogens with one attached hydrogen (secondary N) is 2. The lowest BCUT2D eigenvalue weighted by Gasteiger charge is -2.19. The summed E-state index contributed by atoms with van der Waals surface area (Å²) in [6.45, 7) is 0. The van der Waals surface area contributed by atoms with E-state index in [9.17, 15) is 9.59 Å². The Hall–Kier alpha value is -2.06. The maximum Gasteiger partial charge on any atom is 0.259 e. The minimum atomic E-state index is -0.0917. The SMILES string of the molecule is O=C(CCc1nc2sc3c(c2c(=O)[nH]1)CCC3)Nc1nc(C2CCCCC2)cs1. The summed E-state index contributed by atoms with van der Waals surface area (Å²) in [6, 6.07) is 0. The van der Waals surface area contributed by atoms with Crippen LogP contribution in [0.4, 0.5) is 5.13 Å². The van der Waals surface area contributed by atoms with Crippen molar-refractivity contribution in [1.29, 1.82) is 0 Å². The van der Waals surface area contributed by atoms with Crippen molar-refractivity contribution in [3.8, 4) is 0 Å². The minimum absolute atomic E-state index is 0.0677. The van der Waals surface area contributed by atoms with Crippen molar-refractivity contribution in [2.24, 2.45) is 0 Å². The van der Waals surface area contributed by atoms with E-state index in [1.807, 2.05) is 0 Å². The van der Waals surface area contributed by atoms with Gasteiger partial charge < -0.3 is 10.3 Å². The quantitative estimate of drug-likeness (QED) is 0.624. The Kier molecular flexibility index (Phi) is 5.22. The van der Waals surface area contributed by atoms with E-state index >= 15 is 0 Å². The number of aromatic nitrogens is 3. The second kappa shape index (κ2) is 7.99. The van der Waals surface area contributed by atoms with Gasteiger partial charge in [-0.15, -0.1) is 22.7 Å². The molecule has 0 spiro atoms. The number of anilines is 1. The van der Waals surface area contributed by atoms with Crippen LogP contribution in [0.25, 0.3) is 10.2 Å². The fourth-order valence-corrected chi connectivity index (χ4v) is 6.60. The Morgan fingerprint density at radius 3 is 2.90 bits per heavy atom. The van der Waals surface area contributed by atoms with Gasteiger partial charge in [0.25, 0.3) is 5.56 Å². The highest BCUT2D eigenvalue weighted by atomic mass is 32.1. The summed E-state index contributed by atoms with van der Waals surface area (Å²) in [6.07, 6.45) is 10.1. The first-order chi connectivity index (χ1) is 14.2. The lowest BCUT2D eigenvalue weighted by molar-refractivity contribution is -0.116. The molecule has 1 fully saturated rings. The molecule has 2 aliphatic rings. The summed E-state index contributed by atoms with van der Waals surface area (Å²) in [7, 11) is 0. The highest BCUT2D eigenvalue weighted by Gasteiger charge is 2.21. The zero-order chi connectivity index (χ0) is 19.8. The third kappa shape index (κ3) is 3.88. The largest absolute Gasteiger partial charge is 0.310 e. The van der Waals surface area contributed by atoms with Crippen LogP contribution in [-0.2, 0) is 24.1 Å². The number of fused-ring (bicyclic) bond motifs is 3. The molecule has 2 aliphatic carbocycles. The smallest absolute Gasteiger partial charge is 0.259 e. The summed E-state index contributed by atoms with van der Waals surface area (Å²) in [5.41, 5.74) is 2.23. The summed E-state index contributed by atoms with van der Waals surface area (Å²) in [5.74, 6) is 1.03. The Bertz CT molecular complexity index is 1110. The van der Waals surface area contributed by atoms with Crippen molar-refractivity contribution >= 4 is 43.9 Å². The minimum Gasteiger partial charge on any atom is -0.310 e. The molecule has 0 saturated heterocycles. The van der Waals surface area contributed by atoms with Crippen LogP contribution in [0.15, 0.2) is 10.2 Å². The van der Waals surface area contributed by atoms with Crippen LogP contribution in [0.1, 0.15) is 72.8 Å². The third-order valence-corrected chi connectivity index (χ3v) is 7.97. The average Bonchev–Trinajstić information content (AvgIpc) is 3.43. The van der Waals surface area contributed by atoms with E-state index in [0.717, 1.165) is 35.2 Å². The summed E-state index contributed by atoms with van der Waals surface area (Å²) in [5, 5.41) is 6.41. The average molecular weight is 429 g/mol. The molecular weight excluding hydrogens is 404 g/mol. The van der Waals surface area contributed by atoms with Gasteiger partial charge in [-0.1, -0.05) is 19.3 Å². The summed E-state index contributed by atoms with van der Waals surface area (Å²) >= 11 is 3.12. The van der Waals surface area contributed by atoms with Crippen molar-refractivity contribution in [3.63, 3.8) is 0 Å². The van der Waals surface area contributed by atoms with Crippen molar-refractivity contribution in [2.75, 3.05) is 5.32 Å². The topological polar surface area (TPSA) is 87.7 Å². The van der Waals surface area contributed by atoms with Crippen LogP contribution in [-0.4, -0.2) is 20.9 Å². The molecule has 3 heterocycles. The first-order valence-electron chi connectivity index (χ1n) is 10.5. The van der Waals surface area contributed by atoms with E-state index in [0.29, 0.717) is 23.3 Å². The molecular formula is C21H24N4O2S2. The first-order valence-corrected chi connectivity index (χ1v) is 12.2. The van der Waals surface area contributed by atoms with Crippen LogP contribution < -0.4 is 10.9 Å². The van der Waals surface area contributed by atoms with E-state index < -0.39 is 0 Å². The molecule has 6 nitrogen and oxygen atoms in total. The zero-order valence-electron chi connectivity index (χ0n) is 16.3. The van der Waals surface area contributed by atoms with Crippen LogP contribution in [0, 0.1) is 0 Å². The molecule has 29 heavy (non-hydrogen) atoms. The molecule has 0 aromatic carbocycles. The Morgan fingerprint density at radius 1 is 1.17 bits per heavy atom. The summed E-state index contributed by atoms with van der Waals surface area (Å²) in [4.78, 5) is 39.1. The predicted octanol–water partition coefficient (Wildman–Crippen LogP) is 4.55. The van der Waals surface area contributed by atoms with E-state index in [2.05, 4.69) is 25.6 Å². The van der Waals surface area contributed by atoms with Crippen molar-refractivity contribution in [1.82, 2.24) is 15.0 Å². The summed E-state index contributed by atoms with van der Waals surface area (Å²) < 4.78 is 0. The molecule has 3 aromatic heterocycles. The maximum atomic E-state index is 12.5. The molecule has 3 aromatic rings. The van der Waals surface area contributed by atoms with Gasteiger partial charge in [-0.25, -0.2) is 9.97 Å². The maximum absolute atomic E-state index is 12.5. The molecule has 5 rings (SSSR count). The molecule has 152 valence electrons. The van der Waals surface area contributed by atoms with Gasteiger partial charge in [-0.2, -0.15) is 0 Å². The van der Waals surface area contributed by atoms with Crippen LogP contribution in [0.3, 0.4) is 0 Å². The molecule has 0 bridgehead atoms. The first kappa shape index (κ1) is 18.9. The number of carbonyl (C=O) groups is 1. The number of thiazole rings is 1. The molecule has 0 aliphatic heterocycles. The molecule has 0 radical (unpaired) electrons. The number of carbonyl (C=O) groups excluding carboxylic acids is 1. The molecule has 1 saturated carbocycles. The molecule has 2 N–H and O–H groups in total. The van der Waals surface area contributed by atoms with Crippen LogP contribution >= 0.6 is 22.7 Å². The van der Waals surface area contributed by atoms with Gasteiger partial charge in [-0.05, 0) is 37.7 Å². The number of nitrogens with zero attached hydrogens (tertiary/aromatic N) is 2. The lowest BCUT2D eigenvalue weighted by atomic mass is 9.87. The zero-order valence-corrected chi connectivity index (χ0v) is 17.9. The van der Waals surface area contributed by atoms with Gasteiger partial charge >= 0.3 is 0 Å². The Morgan fingerprint density at radius 2 is 2.03 bits per heavy atom. The van der Waals surface area contributed by atoms with Crippen molar-refractivity contribution in [2.45, 2.75) is 70.1 Å². The fourth-order valence-electron chi connectivity index (χ4n) is 4.51. The molecule has 0 atom stereocenters. The van der Waals surface area contributed by atoms with Crippen molar-refractivity contribution in [3.05, 3.63) is 37.7 Å². The highest BCUT2D eigenvalue weighted by molar-refractivity contribution is 7.18. The number of thiophene rings is 1. The van der Waals surface area contributed by atoms with Crippen LogP contribution in [0.5, 0.6) is 0 Å². The fraction of sp³-hybridized carbons (Fsp3) is 0.524. The van der Waals surface area contributed by atoms with Crippen LogP contribution in [0.2, 0.25) is 0 Å². The third-order valence-electron chi connectivity index (χ3n) is 6.00. The normalized spacial score (nSPS) is 17.0. The Labute approximate surface area is 176 Å². The standard InChI is InChI=1S/C21H24N4O2S2/c26-17(25-21-22-14(11-28-21)12-5-2-1-3-6-12)10-9-16-23-19(27)18-13-7-4-8-15(13)29-20(18)24-16/h11-12H,1-10H2,(H,22,25,26)(H,23,24,27). The van der Waals surface area contributed by atoms with E-state index in [-0.39, 0.29) is 17.9 Å². The Balaban J connectivity index is 1.22. The molecule has 8 heteroatoms. The second-order valence-corrected chi connectivity index (χ2v) is 9.95. The number of aromatic amines is 1. The van der Waals surface area contributed by atoms with E-state index in [1.54, 1.807) is 11.3 Å². The number of amides is 1. The number of H-pyrrole nitrogens is 1. The monoisotopic (exact) mass is 428 g/mol. The second-order valence-electron chi connectivity index (χ2n) is 8.01. The van der Waals surface area contributed by atoms with Gasteiger partial charge in [0.2, 0.25) is 5.91 Å². The number of hydrogen-bond donors (Lipinski definition) is 2. The highest BCUT2D eigenvalue weighted by Crippen LogP contribution is 2.35. The number of rotatable bonds is 5. The molecule has 1 amide bonds.